The van der Waals surface area contributed by atoms with E-state index in [1.54, 1.807) is 18.2 Å². The molecular weight excluding hydrogens is 529 g/mol. The van der Waals surface area contributed by atoms with Crippen molar-refractivity contribution in [2.45, 2.75) is 39.2 Å². The predicted octanol–water partition coefficient (Wildman–Crippen LogP) is 7.33. The highest BCUT2D eigenvalue weighted by molar-refractivity contribution is 7.16. The molecule has 2 aromatic carbocycles. The van der Waals surface area contributed by atoms with Gasteiger partial charge in [0.15, 0.2) is 11.5 Å². The molecule has 0 unspecified atom stereocenters. The van der Waals surface area contributed by atoms with Gasteiger partial charge in [-0.2, -0.15) is 10.5 Å². The summed E-state index contributed by atoms with van der Waals surface area (Å²) >= 11 is 14.2. The zero-order valence-electron chi connectivity index (χ0n) is 20.1. The molecule has 6 nitrogen and oxygen atoms in total. The number of nitrogens with zero attached hydrogens (tertiary/aromatic N) is 2. The smallest absolute Gasteiger partial charge is 0.266 e. The van der Waals surface area contributed by atoms with Gasteiger partial charge >= 0.3 is 0 Å². The second-order valence-electron chi connectivity index (χ2n) is 8.29. The molecule has 0 radical (unpaired) electrons. The van der Waals surface area contributed by atoms with Crippen molar-refractivity contribution in [3.05, 3.63) is 79.1 Å². The number of anilines is 1. The maximum absolute atomic E-state index is 13.0. The number of nitrogens with one attached hydrogen (secondary N) is 1. The largest absolute Gasteiger partial charge is 0.490 e. The third-order valence-electron chi connectivity index (χ3n) is 5.85. The number of benzene rings is 2. The fourth-order valence-corrected chi connectivity index (χ4v) is 5.80. The van der Waals surface area contributed by atoms with Crippen LogP contribution in [0.2, 0.25) is 10.0 Å². The highest BCUT2D eigenvalue weighted by Crippen LogP contribution is 2.39. The van der Waals surface area contributed by atoms with Gasteiger partial charge in [-0.05, 0) is 68.0 Å². The molecule has 9 heteroatoms. The fourth-order valence-electron chi connectivity index (χ4n) is 4.10. The van der Waals surface area contributed by atoms with Crippen molar-refractivity contribution in [1.82, 2.24) is 0 Å². The second-order valence-corrected chi connectivity index (χ2v) is 10.2. The molecule has 0 saturated carbocycles. The van der Waals surface area contributed by atoms with E-state index < -0.39 is 5.91 Å². The normalized spacial score (nSPS) is 12.7. The maximum Gasteiger partial charge on any atom is 0.266 e. The monoisotopic (exact) mass is 551 g/mol. The molecule has 0 atom stereocenters. The summed E-state index contributed by atoms with van der Waals surface area (Å²) in [6.45, 7) is 2.37. The lowest BCUT2D eigenvalue weighted by molar-refractivity contribution is -0.112. The maximum atomic E-state index is 13.0. The minimum atomic E-state index is -0.592. The molecule has 37 heavy (non-hydrogen) atoms. The van der Waals surface area contributed by atoms with E-state index in [4.69, 9.17) is 32.7 Å². The average molecular weight is 552 g/mol. The van der Waals surface area contributed by atoms with Gasteiger partial charge in [0.25, 0.3) is 5.91 Å². The summed E-state index contributed by atoms with van der Waals surface area (Å²) in [6, 6.07) is 14.8. The van der Waals surface area contributed by atoms with Crippen molar-refractivity contribution < 1.29 is 14.3 Å². The van der Waals surface area contributed by atoms with Crippen molar-refractivity contribution in [1.29, 1.82) is 10.5 Å². The Morgan fingerprint density at radius 3 is 2.65 bits per heavy atom. The van der Waals surface area contributed by atoms with E-state index in [2.05, 4.69) is 11.4 Å². The van der Waals surface area contributed by atoms with Gasteiger partial charge in [0.2, 0.25) is 0 Å². The standard InChI is InChI=1S/C28H23Cl2N3O3S/c1-2-35-24-13-17(12-23(30)26(24)36-16-18-7-3-5-9-22(18)29)11-19(14-31)27(34)33-28-21(15-32)20-8-4-6-10-25(20)37-28/h3,5,7,9,11-13H,2,4,6,8,10,16H2,1H3,(H,33,34)/b19-11+. The van der Waals surface area contributed by atoms with Crippen LogP contribution in [0.4, 0.5) is 5.00 Å². The number of hydrogen-bond donors (Lipinski definition) is 1. The average Bonchev–Trinajstić information content (AvgIpc) is 3.24. The van der Waals surface area contributed by atoms with Gasteiger partial charge in [0.05, 0.1) is 17.2 Å². The number of halogens is 2. The lowest BCUT2D eigenvalue weighted by atomic mass is 9.96. The molecule has 0 aliphatic heterocycles. The van der Waals surface area contributed by atoms with Gasteiger partial charge < -0.3 is 14.8 Å². The molecule has 1 aromatic heterocycles. The van der Waals surface area contributed by atoms with Crippen LogP contribution in [-0.2, 0) is 24.2 Å². The van der Waals surface area contributed by atoms with E-state index >= 15 is 0 Å². The van der Waals surface area contributed by atoms with Gasteiger partial charge in [0, 0.05) is 15.5 Å². The molecule has 4 rings (SSSR count). The molecular formula is C28H23Cl2N3O3S. The van der Waals surface area contributed by atoms with Crippen LogP contribution < -0.4 is 14.8 Å². The first kappa shape index (κ1) is 26.6. The number of thiophene rings is 1. The van der Waals surface area contributed by atoms with Gasteiger partial charge in [-0.15, -0.1) is 11.3 Å². The summed E-state index contributed by atoms with van der Waals surface area (Å²) in [7, 11) is 0. The Balaban J connectivity index is 1.58. The molecule has 0 bridgehead atoms. The van der Waals surface area contributed by atoms with E-state index in [9.17, 15) is 15.3 Å². The first-order valence-corrected chi connectivity index (χ1v) is 13.3. The van der Waals surface area contributed by atoms with E-state index in [1.807, 2.05) is 31.2 Å². The molecule has 1 aliphatic rings. The zero-order chi connectivity index (χ0) is 26.4. The Hall–Kier alpha value is -3.49. The van der Waals surface area contributed by atoms with E-state index in [-0.39, 0.29) is 17.2 Å². The van der Waals surface area contributed by atoms with Crippen LogP contribution in [0.3, 0.4) is 0 Å². The van der Waals surface area contributed by atoms with Gasteiger partial charge in [-0.25, -0.2) is 0 Å². The molecule has 188 valence electrons. The number of aryl methyl sites for hydroxylation is 1. The van der Waals surface area contributed by atoms with Crippen LogP contribution in [0.5, 0.6) is 11.5 Å². The topological polar surface area (TPSA) is 95.1 Å². The predicted molar refractivity (Wildman–Crippen MR) is 146 cm³/mol. The summed E-state index contributed by atoms with van der Waals surface area (Å²) < 4.78 is 11.7. The molecule has 0 saturated heterocycles. The van der Waals surface area contributed by atoms with Crippen molar-refractivity contribution in [3.63, 3.8) is 0 Å². The van der Waals surface area contributed by atoms with Gasteiger partial charge in [0.1, 0.15) is 29.3 Å². The number of rotatable bonds is 8. The van der Waals surface area contributed by atoms with Crippen LogP contribution in [0.25, 0.3) is 6.08 Å². The Labute approximate surface area is 229 Å². The lowest BCUT2D eigenvalue weighted by Gasteiger charge is -2.15. The van der Waals surface area contributed by atoms with Crippen molar-refractivity contribution in [2.24, 2.45) is 0 Å². The highest BCUT2D eigenvalue weighted by atomic mass is 35.5. The van der Waals surface area contributed by atoms with Crippen LogP contribution in [0.15, 0.2) is 42.0 Å². The van der Waals surface area contributed by atoms with Crippen molar-refractivity contribution >= 4 is 51.5 Å². The Kier molecular flexibility index (Phi) is 8.74. The SMILES string of the molecule is CCOc1cc(/C=C(\C#N)C(=O)Nc2sc3c(c2C#N)CCCC3)cc(Cl)c1OCc1ccccc1Cl. The van der Waals surface area contributed by atoms with Crippen molar-refractivity contribution in [2.75, 3.05) is 11.9 Å². The summed E-state index contributed by atoms with van der Waals surface area (Å²) in [5, 5.41) is 23.5. The summed E-state index contributed by atoms with van der Waals surface area (Å²) in [5.41, 5.74) is 2.67. The highest BCUT2D eigenvalue weighted by Gasteiger charge is 2.23. The lowest BCUT2D eigenvalue weighted by Crippen LogP contribution is -2.13. The molecule has 1 heterocycles. The number of carbonyl (C=O) groups excluding carboxylic acids is 1. The second kappa shape index (κ2) is 12.2. The zero-order valence-corrected chi connectivity index (χ0v) is 22.4. The number of nitriles is 2. The molecule has 3 aromatic rings. The van der Waals surface area contributed by atoms with Gasteiger partial charge in [-0.1, -0.05) is 41.4 Å². The molecule has 1 N–H and O–H groups in total. The number of carbonyl (C=O) groups is 1. The fraction of sp³-hybridized carbons (Fsp3) is 0.250. The summed E-state index contributed by atoms with van der Waals surface area (Å²) in [4.78, 5) is 14.1. The van der Waals surface area contributed by atoms with Gasteiger partial charge in [-0.3, -0.25) is 4.79 Å². The number of fused-ring (bicyclic) bond motifs is 1. The van der Waals surface area contributed by atoms with Crippen LogP contribution in [-0.4, -0.2) is 12.5 Å². The first-order chi connectivity index (χ1) is 17.9. The summed E-state index contributed by atoms with van der Waals surface area (Å²) in [6.07, 6.45) is 5.25. The molecule has 0 spiro atoms. The molecule has 1 aliphatic carbocycles. The number of ether oxygens (including phenoxy) is 2. The van der Waals surface area contributed by atoms with Crippen LogP contribution >= 0.6 is 34.5 Å². The number of hydrogen-bond acceptors (Lipinski definition) is 6. The van der Waals surface area contributed by atoms with E-state index in [0.29, 0.717) is 39.3 Å². The quantitative estimate of drug-likeness (QED) is 0.233. The molecule has 0 fully saturated rings. The Morgan fingerprint density at radius 1 is 1.14 bits per heavy atom. The first-order valence-electron chi connectivity index (χ1n) is 11.8. The van der Waals surface area contributed by atoms with Crippen LogP contribution in [0, 0.1) is 22.7 Å². The van der Waals surface area contributed by atoms with Crippen LogP contribution in [0.1, 0.15) is 46.9 Å². The third-order valence-corrected chi connectivity index (χ3v) is 7.70. The minimum absolute atomic E-state index is 0.126. The Morgan fingerprint density at radius 2 is 1.92 bits per heavy atom. The summed E-state index contributed by atoms with van der Waals surface area (Å²) in [5.74, 6) is 0.126. The van der Waals surface area contributed by atoms with E-state index in [1.165, 1.54) is 17.4 Å². The number of amides is 1. The molecule has 1 amide bonds. The van der Waals surface area contributed by atoms with E-state index in [0.717, 1.165) is 41.7 Å². The van der Waals surface area contributed by atoms with Crippen molar-refractivity contribution in [3.8, 4) is 23.6 Å². The Bertz CT molecular complexity index is 1450. The third kappa shape index (κ3) is 6.09. The minimum Gasteiger partial charge on any atom is -0.490 e.